The standard InChI is InChI=1S/C23H26N6O2/c1-15-24-12-20(22-26-16(2)27-31-22)21(25-15)28-10-5-8-19(14-28)23(30)29-11-9-17-6-3-4-7-18(17)13-29/h3-4,6-7,12,19H,5,8-11,13-14H2,1-2H3. The zero-order valence-corrected chi connectivity index (χ0v) is 17.9. The minimum atomic E-state index is -0.0495. The normalized spacial score (nSPS) is 18.7. The Bertz CT molecular complexity index is 1110. The topological polar surface area (TPSA) is 88.2 Å². The van der Waals surface area contributed by atoms with Crippen LogP contribution in [-0.4, -0.2) is 50.5 Å². The van der Waals surface area contributed by atoms with Crippen molar-refractivity contribution in [2.24, 2.45) is 5.92 Å². The number of fused-ring (bicyclic) bond motifs is 1. The maximum absolute atomic E-state index is 13.4. The Morgan fingerprint density at radius 2 is 1.94 bits per heavy atom. The molecule has 2 aliphatic heterocycles. The van der Waals surface area contributed by atoms with Crippen LogP contribution in [0, 0.1) is 19.8 Å². The van der Waals surface area contributed by atoms with Crippen LogP contribution in [-0.2, 0) is 17.8 Å². The fraction of sp³-hybridized carbons (Fsp3) is 0.435. The summed E-state index contributed by atoms with van der Waals surface area (Å²) in [7, 11) is 0. The van der Waals surface area contributed by atoms with E-state index in [0.717, 1.165) is 38.2 Å². The summed E-state index contributed by atoms with van der Waals surface area (Å²) in [6.07, 6.45) is 4.49. The third-order valence-electron chi connectivity index (χ3n) is 6.16. The molecule has 0 saturated carbocycles. The van der Waals surface area contributed by atoms with Crippen LogP contribution in [0.4, 0.5) is 5.82 Å². The molecule has 0 radical (unpaired) electrons. The molecular weight excluding hydrogens is 392 g/mol. The van der Waals surface area contributed by atoms with Crippen LogP contribution in [0.1, 0.15) is 35.6 Å². The number of aryl methyl sites for hydroxylation is 2. The zero-order valence-electron chi connectivity index (χ0n) is 17.9. The van der Waals surface area contributed by atoms with Crippen LogP contribution < -0.4 is 4.90 Å². The summed E-state index contributed by atoms with van der Waals surface area (Å²) in [4.78, 5) is 30.9. The molecule has 0 bridgehead atoms. The summed E-state index contributed by atoms with van der Waals surface area (Å²) >= 11 is 0. The first kappa shape index (κ1) is 19.7. The van der Waals surface area contributed by atoms with Crippen LogP contribution in [0.2, 0.25) is 0 Å². The van der Waals surface area contributed by atoms with Gasteiger partial charge in [0.15, 0.2) is 5.82 Å². The third kappa shape index (κ3) is 3.89. The predicted molar refractivity (Wildman–Crippen MR) is 115 cm³/mol. The lowest BCUT2D eigenvalue weighted by Crippen LogP contribution is -2.46. The molecule has 0 spiro atoms. The molecule has 160 valence electrons. The number of aromatic nitrogens is 4. The second-order valence-corrected chi connectivity index (χ2v) is 8.36. The fourth-order valence-electron chi connectivity index (χ4n) is 4.57. The van der Waals surface area contributed by atoms with Crippen molar-refractivity contribution >= 4 is 11.7 Å². The Morgan fingerprint density at radius 3 is 2.74 bits per heavy atom. The number of amides is 1. The molecule has 2 aromatic heterocycles. The smallest absolute Gasteiger partial charge is 0.263 e. The Labute approximate surface area is 181 Å². The molecule has 3 aromatic rings. The van der Waals surface area contributed by atoms with Gasteiger partial charge in [0.25, 0.3) is 5.89 Å². The van der Waals surface area contributed by atoms with Crippen molar-refractivity contribution in [1.29, 1.82) is 0 Å². The van der Waals surface area contributed by atoms with Gasteiger partial charge in [-0.1, -0.05) is 29.4 Å². The van der Waals surface area contributed by atoms with E-state index < -0.39 is 0 Å². The average Bonchev–Trinajstić information content (AvgIpc) is 3.24. The van der Waals surface area contributed by atoms with Crippen LogP contribution in [0.25, 0.3) is 11.5 Å². The molecule has 1 fully saturated rings. The average molecular weight is 419 g/mol. The largest absolute Gasteiger partial charge is 0.355 e. The van der Waals surface area contributed by atoms with Gasteiger partial charge in [-0.2, -0.15) is 4.98 Å². The van der Waals surface area contributed by atoms with Gasteiger partial charge in [0.05, 0.1) is 5.92 Å². The van der Waals surface area contributed by atoms with Gasteiger partial charge < -0.3 is 14.3 Å². The Balaban J connectivity index is 1.37. The molecule has 1 aromatic carbocycles. The summed E-state index contributed by atoms with van der Waals surface area (Å²) in [5, 5.41) is 3.90. The monoisotopic (exact) mass is 418 g/mol. The molecule has 1 atom stereocenters. The summed E-state index contributed by atoms with van der Waals surface area (Å²) in [5.74, 6) is 2.60. The Hall–Kier alpha value is -3.29. The second-order valence-electron chi connectivity index (χ2n) is 8.36. The number of carbonyl (C=O) groups excluding carboxylic acids is 1. The summed E-state index contributed by atoms with van der Waals surface area (Å²) in [6, 6.07) is 8.41. The van der Waals surface area contributed by atoms with Gasteiger partial charge in [0.2, 0.25) is 5.91 Å². The molecule has 0 N–H and O–H groups in total. The lowest BCUT2D eigenvalue weighted by molar-refractivity contribution is -0.136. The summed E-state index contributed by atoms with van der Waals surface area (Å²) in [6.45, 7) is 6.60. The number of benzene rings is 1. The quantitative estimate of drug-likeness (QED) is 0.646. The van der Waals surface area contributed by atoms with Gasteiger partial charge in [-0.05, 0) is 44.2 Å². The number of anilines is 1. The molecule has 8 heteroatoms. The van der Waals surface area contributed by atoms with Crippen molar-refractivity contribution in [3.63, 3.8) is 0 Å². The lowest BCUT2D eigenvalue weighted by atomic mass is 9.93. The number of carbonyl (C=O) groups is 1. The zero-order chi connectivity index (χ0) is 21.4. The van der Waals surface area contributed by atoms with E-state index in [4.69, 9.17) is 4.52 Å². The predicted octanol–water partition coefficient (Wildman–Crippen LogP) is 2.94. The molecule has 5 rings (SSSR count). The highest BCUT2D eigenvalue weighted by Gasteiger charge is 2.32. The van der Waals surface area contributed by atoms with Gasteiger partial charge in [-0.15, -0.1) is 0 Å². The highest BCUT2D eigenvalue weighted by atomic mass is 16.5. The SMILES string of the molecule is Cc1noc(-c2cnc(C)nc2N2CCCC(C(=O)N3CCc4ccccc4C3)C2)n1. The van der Waals surface area contributed by atoms with E-state index in [1.165, 1.54) is 11.1 Å². The highest BCUT2D eigenvalue weighted by molar-refractivity contribution is 5.80. The summed E-state index contributed by atoms with van der Waals surface area (Å²) in [5.41, 5.74) is 3.33. The van der Waals surface area contributed by atoms with E-state index in [1.54, 1.807) is 13.1 Å². The molecular formula is C23H26N6O2. The van der Waals surface area contributed by atoms with Crippen LogP contribution >= 0.6 is 0 Å². The van der Waals surface area contributed by atoms with Gasteiger partial charge in [-0.3, -0.25) is 4.79 Å². The number of piperidine rings is 1. The van der Waals surface area contributed by atoms with Crippen molar-refractivity contribution in [3.05, 3.63) is 53.2 Å². The molecule has 2 aliphatic rings. The molecule has 8 nitrogen and oxygen atoms in total. The first-order valence-corrected chi connectivity index (χ1v) is 10.8. The molecule has 1 amide bonds. The van der Waals surface area contributed by atoms with Crippen molar-refractivity contribution in [1.82, 2.24) is 25.0 Å². The van der Waals surface area contributed by atoms with Crippen molar-refractivity contribution in [3.8, 4) is 11.5 Å². The molecule has 1 unspecified atom stereocenters. The fourth-order valence-corrected chi connectivity index (χ4v) is 4.57. The second kappa shape index (κ2) is 8.09. The minimum absolute atomic E-state index is 0.0495. The van der Waals surface area contributed by atoms with E-state index in [2.05, 4.69) is 43.2 Å². The summed E-state index contributed by atoms with van der Waals surface area (Å²) < 4.78 is 5.38. The Kier molecular flexibility index (Phi) is 5.13. The molecule has 0 aliphatic carbocycles. The van der Waals surface area contributed by atoms with Gasteiger partial charge >= 0.3 is 0 Å². The first-order valence-electron chi connectivity index (χ1n) is 10.8. The Morgan fingerprint density at radius 1 is 1.10 bits per heavy atom. The first-order chi connectivity index (χ1) is 15.1. The third-order valence-corrected chi connectivity index (χ3v) is 6.16. The minimum Gasteiger partial charge on any atom is -0.355 e. The maximum atomic E-state index is 13.4. The number of hydrogen-bond acceptors (Lipinski definition) is 7. The van der Waals surface area contributed by atoms with Crippen LogP contribution in [0.15, 0.2) is 35.0 Å². The van der Waals surface area contributed by atoms with E-state index in [-0.39, 0.29) is 11.8 Å². The molecule has 1 saturated heterocycles. The highest BCUT2D eigenvalue weighted by Crippen LogP contribution is 2.32. The lowest BCUT2D eigenvalue weighted by Gasteiger charge is -2.37. The van der Waals surface area contributed by atoms with E-state index >= 15 is 0 Å². The van der Waals surface area contributed by atoms with Gasteiger partial charge in [0, 0.05) is 32.4 Å². The van der Waals surface area contributed by atoms with Crippen molar-refractivity contribution in [2.75, 3.05) is 24.5 Å². The molecule has 4 heterocycles. The number of rotatable bonds is 3. The maximum Gasteiger partial charge on any atom is 0.263 e. The van der Waals surface area contributed by atoms with E-state index in [0.29, 0.717) is 36.2 Å². The van der Waals surface area contributed by atoms with Crippen LogP contribution in [0.3, 0.4) is 0 Å². The van der Waals surface area contributed by atoms with Crippen molar-refractivity contribution in [2.45, 2.75) is 39.7 Å². The number of nitrogens with zero attached hydrogens (tertiary/aromatic N) is 6. The van der Waals surface area contributed by atoms with E-state index in [9.17, 15) is 4.79 Å². The number of hydrogen-bond donors (Lipinski definition) is 0. The van der Waals surface area contributed by atoms with Gasteiger partial charge in [0.1, 0.15) is 17.2 Å². The van der Waals surface area contributed by atoms with Crippen molar-refractivity contribution < 1.29 is 9.32 Å². The van der Waals surface area contributed by atoms with E-state index in [1.807, 2.05) is 17.9 Å². The van der Waals surface area contributed by atoms with Gasteiger partial charge in [-0.25, -0.2) is 9.97 Å². The molecule has 31 heavy (non-hydrogen) atoms. The van der Waals surface area contributed by atoms with Crippen LogP contribution in [0.5, 0.6) is 0 Å².